The summed E-state index contributed by atoms with van der Waals surface area (Å²) >= 11 is 5.05. The van der Waals surface area contributed by atoms with Gasteiger partial charge in [0.25, 0.3) is 0 Å². The first-order valence-corrected chi connectivity index (χ1v) is 6.94. The van der Waals surface area contributed by atoms with Crippen LogP contribution in [0.25, 0.3) is 0 Å². The van der Waals surface area contributed by atoms with Crippen molar-refractivity contribution >= 4 is 17.2 Å². The first-order chi connectivity index (χ1) is 9.49. The number of nitrogens with two attached hydrogens (primary N) is 1. The van der Waals surface area contributed by atoms with E-state index < -0.39 is 0 Å². The largest absolute Gasteiger partial charge is 0.438 e. The summed E-state index contributed by atoms with van der Waals surface area (Å²) in [6.45, 7) is 6.16. The molecule has 0 aliphatic carbocycles. The Morgan fingerprint density at radius 3 is 2.55 bits per heavy atom. The number of aryl methyl sites for hydroxylation is 1. The van der Waals surface area contributed by atoms with Crippen LogP contribution in [0.3, 0.4) is 0 Å². The Labute approximate surface area is 124 Å². The standard InChI is InChI=1S/C16H18N2OS/c1-10(2)12-6-4-5-7-14(12)19-16-13(15(17)20)9-8-11(3)18-16/h4-10H,1-3H3,(H2,17,20). The van der Waals surface area contributed by atoms with Crippen LogP contribution < -0.4 is 10.5 Å². The van der Waals surface area contributed by atoms with E-state index in [2.05, 4.69) is 24.9 Å². The molecule has 1 aromatic heterocycles. The molecule has 2 aromatic rings. The molecule has 1 aromatic carbocycles. The SMILES string of the molecule is Cc1ccc(C(N)=S)c(Oc2ccccc2C(C)C)n1. The number of benzene rings is 1. The minimum atomic E-state index is 0.287. The highest BCUT2D eigenvalue weighted by Crippen LogP contribution is 2.31. The van der Waals surface area contributed by atoms with E-state index in [1.54, 1.807) is 0 Å². The van der Waals surface area contributed by atoms with E-state index in [0.717, 1.165) is 17.0 Å². The molecule has 0 radical (unpaired) electrons. The van der Waals surface area contributed by atoms with Crippen LogP contribution in [0.5, 0.6) is 11.6 Å². The first kappa shape index (κ1) is 14.5. The molecule has 0 fully saturated rings. The molecule has 0 aliphatic rings. The summed E-state index contributed by atoms with van der Waals surface area (Å²) in [7, 11) is 0. The molecule has 0 atom stereocenters. The Bertz CT molecular complexity index is 638. The van der Waals surface area contributed by atoms with Gasteiger partial charge in [-0.1, -0.05) is 44.3 Å². The summed E-state index contributed by atoms with van der Waals surface area (Å²) in [4.78, 5) is 4.69. The van der Waals surface area contributed by atoms with E-state index in [-0.39, 0.29) is 4.99 Å². The number of pyridine rings is 1. The molecule has 2 N–H and O–H groups in total. The van der Waals surface area contributed by atoms with Crippen LogP contribution in [0, 0.1) is 6.92 Å². The number of rotatable bonds is 4. The maximum Gasteiger partial charge on any atom is 0.229 e. The third kappa shape index (κ3) is 3.14. The lowest BCUT2D eigenvalue weighted by molar-refractivity contribution is 0.452. The summed E-state index contributed by atoms with van der Waals surface area (Å²) in [5.74, 6) is 1.62. The lowest BCUT2D eigenvalue weighted by Gasteiger charge is -2.15. The third-order valence-corrected chi connectivity index (χ3v) is 3.23. The lowest BCUT2D eigenvalue weighted by atomic mass is 10.0. The number of ether oxygens (including phenoxy) is 1. The van der Waals surface area contributed by atoms with Gasteiger partial charge in [-0.2, -0.15) is 0 Å². The van der Waals surface area contributed by atoms with E-state index in [9.17, 15) is 0 Å². The molecule has 20 heavy (non-hydrogen) atoms. The van der Waals surface area contributed by atoms with Gasteiger partial charge in [0.1, 0.15) is 10.7 Å². The van der Waals surface area contributed by atoms with Crippen LogP contribution in [0.1, 0.15) is 36.6 Å². The van der Waals surface area contributed by atoms with Gasteiger partial charge in [-0.25, -0.2) is 4.98 Å². The molecule has 104 valence electrons. The van der Waals surface area contributed by atoms with Gasteiger partial charge >= 0.3 is 0 Å². The fourth-order valence-electron chi connectivity index (χ4n) is 1.95. The molecule has 4 heteroatoms. The fourth-order valence-corrected chi connectivity index (χ4v) is 2.11. The van der Waals surface area contributed by atoms with Gasteiger partial charge in [0.2, 0.25) is 5.88 Å². The average Bonchev–Trinajstić information content (AvgIpc) is 2.38. The normalized spacial score (nSPS) is 10.6. The monoisotopic (exact) mass is 286 g/mol. The summed E-state index contributed by atoms with van der Waals surface area (Å²) in [5, 5.41) is 0. The molecule has 0 aliphatic heterocycles. The minimum Gasteiger partial charge on any atom is -0.438 e. The van der Waals surface area contributed by atoms with Crippen molar-refractivity contribution < 1.29 is 4.74 Å². The number of aromatic nitrogens is 1. The maximum absolute atomic E-state index is 5.97. The van der Waals surface area contributed by atoms with Gasteiger partial charge in [0, 0.05) is 5.69 Å². The number of hydrogen-bond acceptors (Lipinski definition) is 3. The molecule has 1 heterocycles. The van der Waals surface area contributed by atoms with Crippen LogP contribution in [0.2, 0.25) is 0 Å². The Balaban J connectivity index is 2.45. The molecule has 0 unspecified atom stereocenters. The van der Waals surface area contributed by atoms with Crippen LogP contribution >= 0.6 is 12.2 Å². The molecule has 0 saturated carbocycles. The van der Waals surface area contributed by atoms with Crippen molar-refractivity contribution in [2.75, 3.05) is 0 Å². The minimum absolute atomic E-state index is 0.287. The number of thiocarbonyl (C=S) groups is 1. The van der Waals surface area contributed by atoms with Gasteiger partial charge < -0.3 is 10.5 Å². The highest BCUT2D eigenvalue weighted by molar-refractivity contribution is 7.80. The maximum atomic E-state index is 5.97. The van der Waals surface area contributed by atoms with E-state index in [4.69, 9.17) is 22.7 Å². The first-order valence-electron chi connectivity index (χ1n) is 6.53. The molecule has 0 spiro atoms. The van der Waals surface area contributed by atoms with Crippen molar-refractivity contribution in [1.82, 2.24) is 4.98 Å². The predicted molar refractivity (Wildman–Crippen MR) is 85.5 cm³/mol. The van der Waals surface area contributed by atoms with Gasteiger partial charge in [0.15, 0.2) is 0 Å². The van der Waals surface area contributed by atoms with Crippen LogP contribution in [0.4, 0.5) is 0 Å². The van der Waals surface area contributed by atoms with Gasteiger partial charge in [-0.05, 0) is 36.6 Å². The molecular weight excluding hydrogens is 268 g/mol. The molecule has 2 rings (SSSR count). The highest BCUT2D eigenvalue weighted by Gasteiger charge is 2.13. The Kier molecular flexibility index (Phi) is 4.35. The zero-order chi connectivity index (χ0) is 14.7. The Morgan fingerprint density at radius 1 is 1.20 bits per heavy atom. The summed E-state index contributed by atoms with van der Waals surface area (Å²) in [6, 6.07) is 11.6. The van der Waals surface area contributed by atoms with Crippen molar-refractivity contribution in [3.63, 3.8) is 0 Å². The lowest BCUT2D eigenvalue weighted by Crippen LogP contribution is -2.12. The van der Waals surface area contributed by atoms with E-state index in [0.29, 0.717) is 17.4 Å². The van der Waals surface area contributed by atoms with Crippen molar-refractivity contribution in [3.8, 4) is 11.6 Å². The van der Waals surface area contributed by atoms with Crippen molar-refractivity contribution in [1.29, 1.82) is 0 Å². The molecule has 0 amide bonds. The van der Waals surface area contributed by atoms with Gasteiger partial charge in [0.05, 0.1) is 5.56 Å². The van der Waals surface area contributed by atoms with Crippen LogP contribution in [-0.2, 0) is 0 Å². The van der Waals surface area contributed by atoms with Gasteiger partial charge in [-0.3, -0.25) is 0 Å². The summed E-state index contributed by atoms with van der Waals surface area (Å²) in [5.41, 5.74) is 8.38. The number of para-hydroxylation sites is 1. The van der Waals surface area contributed by atoms with Crippen LogP contribution in [0.15, 0.2) is 36.4 Å². The Morgan fingerprint density at radius 2 is 1.90 bits per heavy atom. The van der Waals surface area contributed by atoms with Gasteiger partial charge in [-0.15, -0.1) is 0 Å². The number of hydrogen-bond donors (Lipinski definition) is 1. The topological polar surface area (TPSA) is 48.1 Å². The van der Waals surface area contributed by atoms with Crippen LogP contribution in [-0.4, -0.2) is 9.97 Å². The van der Waals surface area contributed by atoms with Crippen molar-refractivity contribution in [2.24, 2.45) is 5.73 Å². The molecular formula is C16H18N2OS. The second kappa shape index (κ2) is 6.01. The quantitative estimate of drug-likeness (QED) is 0.865. The second-order valence-electron chi connectivity index (χ2n) is 4.96. The smallest absolute Gasteiger partial charge is 0.229 e. The molecule has 0 saturated heterocycles. The average molecular weight is 286 g/mol. The highest BCUT2D eigenvalue weighted by atomic mass is 32.1. The Hall–Kier alpha value is -1.94. The van der Waals surface area contributed by atoms with Crippen molar-refractivity contribution in [2.45, 2.75) is 26.7 Å². The molecule has 0 bridgehead atoms. The van der Waals surface area contributed by atoms with E-state index in [1.165, 1.54) is 0 Å². The zero-order valence-corrected chi connectivity index (χ0v) is 12.7. The molecule has 3 nitrogen and oxygen atoms in total. The summed E-state index contributed by atoms with van der Waals surface area (Å²) in [6.07, 6.45) is 0. The third-order valence-electron chi connectivity index (χ3n) is 3.01. The predicted octanol–water partition coefficient (Wildman–Crippen LogP) is 3.94. The fraction of sp³-hybridized carbons (Fsp3) is 0.250. The van der Waals surface area contributed by atoms with E-state index >= 15 is 0 Å². The summed E-state index contributed by atoms with van der Waals surface area (Å²) < 4.78 is 5.97. The van der Waals surface area contributed by atoms with Crippen molar-refractivity contribution in [3.05, 3.63) is 53.2 Å². The zero-order valence-electron chi connectivity index (χ0n) is 11.9. The van der Waals surface area contributed by atoms with E-state index in [1.807, 2.05) is 37.3 Å². The second-order valence-corrected chi connectivity index (χ2v) is 5.40. The number of nitrogens with zero attached hydrogens (tertiary/aromatic N) is 1.